The molecule has 1 fully saturated rings. The third-order valence-corrected chi connectivity index (χ3v) is 2.17. The van der Waals surface area contributed by atoms with Crippen molar-refractivity contribution in [2.45, 2.75) is 19.1 Å². The summed E-state index contributed by atoms with van der Waals surface area (Å²) >= 11 is 0. The molecule has 0 aromatic rings. The fourth-order valence-corrected chi connectivity index (χ4v) is 1.31. The number of hydrogen-bond donors (Lipinski definition) is 2. The Labute approximate surface area is 113 Å². The number of guanidine groups is 1. The van der Waals surface area contributed by atoms with E-state index in [0.717, 1.165) is 0 Å². The third kappa shape index (κ3) is 5.66. The molecule has 0 amide bonds. The van der Waals surface area contributed by atoms with Crippen molar-refractivity contribution in [3.63, 3.8) is 0 Å². The van der Waals surface area contributed by atoms with Crippen LogP contribution in [0.1, 0.15) is 13.3 Å². The maximum absolute atomic E-state index is 5.60. The van der Waals surface area contributed by atoms with Gasteiger partial charge in [-0.2, -0.15) is 0 Å². The molecule has 16 heavy (non-hydrogen) atoms. The Morgan fingerprint density at radius 2 is 2.19 bits per heavy atom. The smallest absolute Gasteiger partial charge is 0.188 e. The average Bonchev–Trinajstić information content (AvgIpc) is 2.62. The summed E-state index contributed by atoms with van der Waals surface area (Å²) < 4.78 is 10.9. The van der Waals surface area contributed by atoms with Crippen LogP contribution in [0.25, 0.3) is 0 Å². The van der Waals surface area contributed by atoms with Gasteiger partial charge in [0.05, 0.1) is 13.2 Å². The molecule has 3 N–H and O–H groups in total. The first-order valence-electron chi connectivity index (χ1n) is 5.09. The minimum atomic E-state index is -0.484. The van der Waals surface area contributed by atoms with E-state index >= 15 is 0 Å². The van der Waals surface area contributed by atoms with Gasteiger partial charge < -0.3 is 20.5 Å². The largest absolute Gasteiger partial charge is 0.370 e. The molecule has 0 radical (unpaired) electrons. The Hall–Kier alpha value is -0.340. The summed E-state index contributed by atoms with van der Waals surface area (Å²) in [7, 11) is 0. The van der Waals surface area contributed by atoms with Crippen LogP contribution in [0.5, 0.6) is 0 Å². The van der Waals surface area contributed by atoms with Gasteiger partial charge in [-0.1, -0.05) is 6.08 Å². The van der Waals surface area contributed by atoms with Gasteiger partial charge in [0, 0.05) is 19.5 Å². The summed E-state index contributed by atoms with van der Waals surface area (Å²) in [5.74, 6) is -0.0566. The lowest BCUT2D eigenvalue weighted by Gasteiger charge is -2.20. The van der Waals surface area contributed by atoms with Crippen molar-refractivity contribution in [2.75, 3.05) is 26.3 Å². The second kappa shape index (κ2) is 7.86. The van der Waals surface area contributed by atoms with Crippen LogP contribution in [-0.4, -0.2) is 38.0 Å². The van der Waals surface area contributed by atoms with Gasteiger partial charge >= 0.3 is 0 Å². The number of nitrogens with one attached hydrogen (secondary N) is 1. The lowest BCUT2D eigenvalue weighted by Crippen LogP contribution is -2.33. The Morgan fingerprint density at radius 3 is 2.75 bits per heavy atom. The Balaban J connectivity index is 0.00000225. The van der Waals surface area contributed by atoms with E-state index in [1.165, 1.54) is 0 Å². The predicted molar refractivity (Wildman–Crippen MR) is 75.0 cm³/mol. The minimum absolute atomic E-state index is 0. The predicted octanol–water partition coefficient (Wildman–Crippen LogP) is 0.848. The number of aliphatic imine (C=N–C) groups is 1. The number of rotatable bonds is 5. The number of nitrogens with two attached hydrogens (primary N) is 1. The highest BCUT2D eigenvalue weighted by atomic mass is 127. The molecule has 1 aliphatic heterocycles. The minimum Gasteiger partial charge on any atom is -0.370 e. The average molecular weight is 341 g/mol. The molecule has 6 heteroatoms. The van der Waals surface area contributed by atoms with Crippen molar-refractivity contribution in [1.82, 2.24) is 5.32 Å². The van der Waals surface area contributed by atoms with E-state index in [4.69, 9.17) is 15.2 Å². The van der Waals surface area contributed by atoms with Crippen LogP contribution < -0.4 is 11.1 Å². The molecule has 0 spiro atoms. The fourth-order valence-electron chi connectivity index (χ4n) is 1.31. The van der Waals surface area contributed by atoms with Crippen LogP contribution in [0.2, 0.25) is 0 Å². The first-order chi connectivity index (χ1) is 7.16. The van der Waals surface area contributed by atoms with E-state index in [9.17, 15) is 0 Å². The third-order valence-electron chi connectivity index (χ3n) is 2.17. The molecule has 0 aromatic heterocycles. The zero-order chi connectivity index (χ0) is 11.1. The Kier molecular flexibility index (Phi) is 7.69. The molecule has 1 rings (SSSR count). The monoisotopic (exact) mass is 341 g/mol. The van der Waals surface area contributed by atoms with E-state index in [-0.39, 0.29) is 24.0 Å². The van der Waals surface area contributed by atoms with Crippen LogP contribution in [0.3, 0.4) is 0 Å². The molecule has 1 aliphatic rings. The maximum Gasteiger partial charge on any atom is 0.188 e. The lowest BCUT2D eigenvalue weighted by molar-refractivity contribution is -0.144. The lowest BCUT2D eigenvalue weighted by atomic mass is 10.2. The highest BCUT2D eigenvalue weighted by molar-refractivity contribution is 14.0. The van der Waals surface area contributed by atoms with E-state index in [1.54, 1.807) is 6.08 Å². The van der Waals surface area contributed by atoms with E-state index in [2.05, 4.69) is 16.9 Å². The van der Waals surface area contributed by atoms with E-state index in [1.807, 2.05) is 6.92 Å². The standard InChI is InChI=1S/C10H19N3O2.HI/c1-3-5-12-9(11)13-6-4-10(2)14-7-8-15-10;/h3H,1,4-8H2,2H3,(H3,11,12,13);1H. The van der Waals surface area contributed by atoms with E-state index in [0.29, 0.717) is 38.7 Å². The zero-order valence-electron chi connectivity index (χ0n) is 9.57. The summed E-state index contributed by atoms with van der Waals surface area (Å²) in [6.45, 7) is 8.02. The molecule has 0 aliphatic carbocycles. The van der Waals surface area contributed by atoms with E-state index < -0.39 is 5.79 Å². The molecule has 0 aromatic carbocycles. The van der Waals surface area contributed by atoms with Gasteiger partial charge in [0.15, 0.2) is 11.7 Å². The maximum atomic E-state index is 5.60. The summed E-state index contributed by atoms with van der Waals surface area (Å²) in [6.07, 6.45) is 2.44. The van der Waals surface area contributed by atoms with Crippen molar-refractivity contribution in [2.24, 2.45) is 10.7 Å². The van der Waals surface area contributed by atoms with Crippen LogP contribution in [0, 0.1) is 0 Å². The number of nitrogens with zero attached hydrogens (tertiary/aromatic N) is 1. The van der Waals surface area contributed by atoms with Crippen LogP contribution in [0.4, 0.5) is 0 Å². The first kappa shape index (κ1) is 15.7. The quantitative estimate of drug-likeness (QED) is 0.337. The molecule has 1 saturated heterocycles. The second-order valence-corrected chi connectivity index (χ2v) is 3.52. The van der Waals surface area contributed by atoms with Gasteiger partial charge in [0.2, 0.25) is 0 Å². The molecule has 0 bridgehead atoms. The highest BCUT2D eigenvalue weighted by Gasteiger charge is 2.29. The SMILES string of the molecule is C=CCNC(N)=NCCC1(C)OCCO1.I. The Bertz CT molecular complexity index is 240. The molecule has 0 saturated carbocycles. The van der Waals surface area contributed by atoms with Gasteiger partial charge in [0.25, 0.3) is 0 Å². The second-order valence-electron chi connectivity index (χ2n) is 3.52. The Morgan fingerprint density at radius 1 is 1.56 bits per heavy atom. The molecular formula is C10H20IN3O2. The van der Waals surface area contributed by atoms with Crippen molar-refractivity contribution < 1.29 is 9.47 Å². The number of hydrogen-bond acceptors (Lipinski definition) is 3. The number of ether oxygens (including phenoxy) is 2. The fraction of sp³-hybridized carbons (Fsp3) is 0.700. The molecule has 94 valence electrons. The van der Waals surface area contributed by atoms with Crippen LogP contribution in [-0.2, 0) is 9.47 Å². The van der Waals surface area contributed by atoms with Gasteiger partial charge in [-0.15, -0.1) is 30.6 Å². The normalized spacial score (nSPS) is 18.9. The molecule has 0 unspecified atom stereocenters. The zero-order valence-corrected chi connectivity index (χ0v) is 11.9. The van der Waals surface area contributed by atoms with Crippen LogP contribution in [0.15, 0.2) is 17.6 Å². The summed E-state index contributed by atoms with van der Waals surface area (Å²) in [6, 6.07) is 0. The van der Waals surface area contributed by atoms with Crippen molar-refractivity contribution in [3.8, 4) is 0 Å². The summed E-state index contributed by atoms with van der Waals surface area (Å²) in [5, 5.41) is 2.90. The van der Waals surface area contributed by atoms with Gasteiger partial charge in [-0.3, -0.25) is 4.99 Å². The number of halogens is 1. The molecular weight excluding hydrogens is 321 g/mol. The molecule has 5 nitrogen and oxygen atoms in total. The van der Waals surface area contributed by atoms with Crippen molar-refractivity contribution >= 4 is 29.9 Å². The highest BCUT2D eigenvalue weighted by Crippen LogP contribution is 2.21. The topological polar surface area (TPSA) is 68.9 Å². The first-order valence-corrected chi connectivity index (χ1v) is 5.09. The van der Waals surface area contributed by atoms with Gasteiger partial charge in [0.1, 0.15) is 0 Å². The van der Waals surface area contributed by atoms with Crippen molar-refractivity contribution in [3.05, 3.63) is 12.7 Å². The summed E-state index contributed by atoms with van der Waals surface area (Å²) in [4.78, 5) is 4.15. The van der Waals surface area contributed by atoms with Crippen molar-refractivity contribution in [1.29, 1.82) is 0 Å². The summed E-state index contributed by atoms with van der Waals surface area (Å²) in [5.41, 5.74) is 5.60. The van der Waals surface area contributed by atoms with Gasteiger partial charge in [-0.05, 0) is 6.92 Å². The molecule has 1 heterocycles. The van der Waals surface area contributed by atoms with Gasteiger partial charge in [-0.25, -0.2) is 0 Å². The van der Waals surface area contributed by atoms with Crippen LogP contribution >= 0.6 is 24.0 Å². The molecule has 0 atom stereocenters.